The molecule has 1 saturated heterocycles. The van der Waals surface area contributed by atoms with Gasteiger partial charge in [0.15, 0.2) is 0 Å². The number of rotatable bonds is 2. The summed E-state index contributed by atoms with van der Waals surface area (Å²) in [5.74, 6) is -1.08. The molecule has 98 valence electrons. The molecule has 0 radical (unpaired) electrons. The predicted octanol–water partition coefficient (Wildman–Crippen LogP) is 1.86. The van der Waals surface area contributed by atoms with E-state index in [1.807, 2.05) is 0 Å². The van der Waals surface area contributed by atoms with E-state index in [1.54, 1.807) is 0 Å². The molecule has 1 atom stereocenters. The van der Waals surface area contributed by atoms with Gasteiger partial charge >= 0.3 is 5.69 Å². The average molecular weight is 266 g/mol. The lowest BCUT2D eigenvalue weighted by Crippen LogP contribution is -2.27. The van der Waals surface area contributed by atoms with Gasteiger partial charge in [0.1, 0.15) is 11.5 Å². The zero-order valence-electron chi connectivity index (χ0n) is 9.60. The molecule has 0 aromatic heterocycles. The zero-order valence-corrected chi connectivity index (χ0v) is 9.60. The van der Waals surface area contributed by atoms with E-state index in [2.05, 4.69) is 5.92 Å². The SMILES string of the molecule is C#CC1CC(=O)N(c2c(F)ccc([N+](=O)[O-])c2F)C1. The number of hydrogen-bond donors (Lipinski definition) is 0. The number of nitro benzene ring substituents is 1. The van der Waals surface area contributed by atoms with Crippen molar-refractivity contribution in [3.8, 4) is 12.3 Å². The minimum Gasteiger partial charge on any atom is -0.306 e. The monoisotopic (exact) mass is 266 g/mol. The van der Waals surface area contributed by atoms with Crippen LogP contribution in [-0.2, 0) is 4.79 Å². The fraction of sp³-hybridized carbons (Fsp3) is 0.250. The Kier molecular flexibility index (Phi) is 3.17. The number of nitro groups is 1. The highest BCUT2D eigenvalue weighted by Crippen LogP contribution is 2.33. The van der Waals surface area contributed by atoms with Crippen LogP contribution in [0.4, 0.5) is 20.2 Å². The molecule has 1 aliphatic heterocycles. The summed E-state index contributed by atoms with van der Waals surface area (Å²) in [6.45, 7) is -0.0512. The van der Waals surface area contributed by atoms with Gasteiger partial charge < -0.3 is 4.90 Å². The number of anilines is 1. The molecule has 1 unspecified atom stereocenters. The zero-order chi connectivity index (χ0) is 14.2. The lowest BCUT2D eigenvalue weighted by atomic mass is 10.1. The summed E-state index contributed by atoms with van der Waals surface area (Å²) in [4.78, 5) is 22.1. The fourth-order valence-corrected chi connectivity index (χ4v) is 1.95. The van der Waals surface area contributed by atoms with Crippen molar-refractivity contribution in [2.45, 2.75) is 6.42 Å². The molecule has 1 aromatic rings. The van der Waals surface area contributed by atoms with Crippen molar-refractivity contribution in [3.63, 3.8) is 0 Å². The minimum atomic E-state index is -1.36. The van der Waals surface area contributed by atoms with Crippen molar-refractivity contribution < 1.29 is 18.5 Å². The predicted molar refractivity (Wildman–Crippen MR) is 62.3 cm³/mol. The van der Waals surface area contributed by atoms with Crippen LogP contribution in [0.1, 0.15) is 6.42 Å². The van der Waals surface area contributed by atoms with Crippen LogP contribution >= 0.6 is 0 Å². The fourth-order valence-electron chi connectivity index (χ4n) is 1.95. The number of terminal acetylenes is 1. The molecule has 5 nitrogen and oxygen atoms in total. The van der Waals surface area contributed by atoms with Crippen molar-refractivity contribution >= 4 is 17.3 Å². The molecule has 0 saturated carbocycles. The van der Waals surface area contributed by atoms with E-state index < -0.39 is 39.8 Å². The Morgan fingerprint density at radius 3 is 2.68 bits per heavy atom. The summed E-state index contributed by atoms with van der Waals surface area (Å²) in [7, 11) is 0. The summed E-state index contributed by atoms with van der Waals surface area (Å²) in [6.07, 6.45) is 5.14. The largest absolute Gasteiger partial charge is 0.307 e. The van der Waals surface area contributed by atoms with Crippen LogP contribution in [-0.4, -0.2) is 17.4 Å². The Bertz CT molecular complexity index is 610. The first-order valence-corrected chi connectivity index (χ1v) is 5.34. The van der Waals surface area contributed by atoms with E-state index in [9.17, 15) is 23.7 Å². The molecular formula is C12H8F2N2O3. The van der Waals surface area contributed by atoms with Crippen molar-refractivity contribution in [3.05, 3.63) is 33.9 Å². The van der Waals surface area contributed by atoms with Gasteiger partial charge in [-0.05, 0) is 6.07 Å². The molecule has 1 amide bonds. The number of halogens is 2. The number of nitrogens with zero attached hydrogens (tertiary/aromatic N) is 2. The third-order valence-electron chi connectivity index (χ3n) is 2.87. The molecule has 1 aromatic carbocycles. The smallest absolute Gasteiger partial charge is 0.306 e. The van der Waals surface area contributed by atoms with E-state index in [0.29, 0.717) is 6.07 Å². The van der Waals surface area contributed by atoms with Crippen molar-refractivity contribution in [2.75, 3.05) is 11.4 Å². The number of benzene rings is 1. The quantitative estimate of drug-likeness (QED) is 0.466. The Morgan fingerprint density at radius 2 is 2.16 bits per heavy atom. The molecule has 1 fully saturated rings. The number of hydrogen-bond acceptors (Lipinski definition) is 3. The molecule has 7 heteroatoms. The molecular weight excluding hydrogens is 258 g/mol. The van der Waals surface area contributed by atoms with Crippen LogP contribution in [0.2, 0.25) is 0 Å². The normalized spacial score (nSPS) is 18.5. The Balaban J connectivity index is 2.51. The van der Waals surface area contributed by atoms with Gasteiger partial charge in [0.25, 0.3) is 0 Å². The maximum atomic E-state index is 13.9. The van der Waals surface area contributed by atoms with E-state index >= 15 is 0 Å². The van der Waals surface area contributed by atoms with Crippen LogP contribution in [0.25, 0.3) is 0 Å². The van der Waals surface area contributed by atoms with Gasteiger partial charge in [0.05, 0.1) is 4.92 Å². The van der Waals surface area contributed by atoms with Crippen LogP contribution in [0, 0.1) is 40.0 Å². The number of carbonyl (C=O) groups is 1. The van der Waals surface area contributed by atoms with E-state index in [0.717, 1.165) is 11.0 Å². The van der Waals surface area contributed by atoms with Gasteiger partial charge in [-0.3, -0.25) is 14.9 Å². The lowest BCUT2D eigenvalue weighted by molar-refractivity contribution is -0.387. The Morgan fingerprint density at radius 1 is 1.47 bits per heavy atom. The third kappa shape index (κ3) is 2.12. The number of carbonyl (C=O) groups excluding carboxylic acids is 1. The van der Waals surface area contributed by atoms with Crippen molar-refractivity contribution in [1.29, 1.82) is 0 Å². The molecule has 0 N–H and O–H groups in total. The van der Waals surface area contributed by atoms with Crippen molar-refractivity contribution in [2.24, 2.45) is 5.92 Å². The summed E-state index contributed by atoms with van der Waals surface area (Å²) in [5, 5.41) is 10.6. The summed E-state index contributed by atoms with van der Waals surface area (Å²) in [6, 6.07) is 1.47. The Hall–Kier alpha value is -2.49. The van der Waals surface area contributed by atoms with Crippen molar-refractivity contribution in [1.82, 2.24) is 0 Å². The first kappa shape index (κ1) is 13.0. The van der Waals surface area contributed by atoms with Crippen LogP contribution in [0.3, 0.4) is 0 Å². The lowest BCUT2D eigenvalue weighted by Gasteiger charge is -2.17. The summed E-state index contributed by atoms with van der Waals surface area (Å²) < 4.78 is 27.6. The topological polar surface area (TPSA) is 63.5 Å². The van der Waals surface area contributed by atoms with Gasteiger partial charge in [-0.15, -0.1) is 12.3 Å². The minimum absolute atomic E-state index is 0.0297. The second kappa shape index (κ2) is 4.65. The first-order chi connectivity index (χ1) is 8.95. The molecule has 1 aliphatic rings. The highest BCUT2D eigenvalue weighted by molar-refractivity contribution is 5.96. The van der Waals surface area contributed by atoms with Crippen LogP contribution < -0.4 is 4.90 Å². The Labute approximate surface area is 107 Å². The van der Waals surface area contributed by atoms with E-state index in [4.69, 9.17) is 6.42 Å². The maximum absolute atomic E-state index is 13.9. The second-order valence-electron chi connectivity index (χ2n) is 4.06. The van der Waals surface area contributed by atoms with E-state index in [-0.39, 0.29) is 13.0 Å². The van der Waals surface area contributed by atoms with Crippen LogP contribution in [0.5, 0.6) is 0 Å². The molecule has 0 aliphatic carbocycles. The molecule has 19 heavy (non-hydrogen) atoms. The molecule has 0 bridgehead atoms. The van der Waals surface area contributed by atoms with Gasteiger partial charge in [0.2, 0.25) is 11.7 Å². The molecule has 1 heterocycles. The maximum Gasteiger partial charge on any atom is 0.307 e. The second-order valence-corrected chi connectivity index (χ2v) is 4.06. The highest BCUT2D eigenvalue weighted by atomic mass is 19.1. The summed E-state index contributed by atoms with van der Waals surface area (Å²) in [5.41, 5.74) is -1.59. The van der Waals surface area contributed by atoms with Gasteiger partial charge in [-0.2, -0.15) is 4.39 Å². The van der Waals surface area contributed by atoms with Gasteiger partial charge in [-0.25, -0.2) is 4.39 Å². The van der Waals surface area contributed by atoms with E-state index in [1.165, 1.54) is 0 Å². The average Bonchev–Trinajstić information content (AvgIpc) is 2.70. The van der Waals surface area contributed by atoms with Gasteiger partial charge in [0, 0.05) is 24.9 Å². The number of amides is 1. The third-order valence-corrected chi connectivity index (χ3v) is 2.87. The molecule has 2 rings (SSSR count). The van der Waals surface area contributed by atoms with Crippen LogP contribution in [0.15, 0.2) is 12.1 Å². The standard InChI is InChI=1S/C12H8F2N2O3/c1-2-7-5-10(17)15(6-7)12-8(13)3-4-9(11(12)14)16(18)19/h1,3-4,7H,5-6H2. The highest BCUT2D eigenvalue weighted by Gasteiger charge is 2.35. The summed E-state index contributed by atoms with van der Waals surface area (Å²) >= 11 is 0. The first-order valence-electron chi connectivity index (χ1n) is 5.34. The van der Waals surface area contributed by atoms with Gasteiger partial charge in [-0.1, -0.05) is 0 Å². The molecule has 0 spiro atoms.